The molecule has 4 heterocycles. The molecular weight excluding hydrogens is 404 g/mol. The minimum atomic E-state index is -3.60. The molecule has 10 heteroatoms. The minimum absolute atomic E-state index is 0.0612. The third kappa shape index (κ3) is 2.50. The maximum atomic E-state index is 12.9. The Bertz CT molecular complexity index is 1550. The van der Waals surface area contributed by atoms with E-state index in [0.717, 1.165) is 10.9 Å². The van der Waals surface area contributed by atoms with Crippen LogP contribution in [0.5, 0.6) is 5.75 Å². The first kappa shape index (κ1) is 18.5. The molecule has 0 fully saturated rings. The van der Waals surface area contributed by atoms with Gasteiger partial charge in [0.05, 0.1) is 24.6 Å². The van der Waals surface area contributed by atoms with Crippen molar-refractivity contribution < 1.29 is 13.2 Å². The summed E-state index contributed by atoms with van der Waals surface area (Å²) in [6.07, 6.45) is 4.88. The van der Waals surface area contributed by atoms with Gasteiger partial charge in [0.1, 0.15) is 22.5 Å². The second-order valence-electron chi connectivity index (χ2n) is 6.80. The van der Waals surface area contributed by atoms with Crippen LogP contribution in [0.25, 0.3) is 39.2 Å². The zero-order chi connectivity index (χ0) is 21.0. The molecule has 5 rings (SSSR count). The molecule has 0 spiro atoms. The predicted molar refractivity (Wildman–Crippen MR) is 112 cm³/mol. The first-order valence-electron chi connectivity index (χ1n) is 9.30. The Morgan fingerprint density at radius 3 is 2.73 bits per heavy atom. The number of sulfone groups is 1. The Balaban J connectivity index is 1.89. The summed E-state index contributed by atoms with van der Waals surface area (Å²) in [4.78, 5) is 17.9. The lowest BCUT2D eigenvalue weighted by atomic mass is 10.2. The van der Waals surface area contributed by atoms with Crippen molar-refractivity contribution in [2.45, 2.75) is 11.9 Å². The lowest BCUT2D eigenvalue weighted by Crippen LogP contribution is -2.09. The standard InChI is InChI=1S/C20H18N6O3S/c1-4-30(27,28)19-16(24-20-21-9-6-10-26(19)20)18-23-13-11-22-15-12(17(13)25(18)2)7-5-8-14(15)29-3/h5-11H,4H2,1-3H3. The second kappa shape index (κ2) is 6.49. The number of hydrogen-bond acceptors (Lipinski definition) is 7. The monoisotopic (exact) mass is 422 g/mol. The number of rotatable bonds is 4. The third-order valence-electron chi connectivity index (χ3n) is 5.16. The molecule has 152 valence electrons. The molecule has 0 aliphatic rings. The summed E-state index contributed by atoms with van der Waals surface area (Å²) in [6.45, 7) is 1.60. The van der Waals surface area contributed by atoms with Gasteiger partial charge in [0.2, 0.25) is 5.78 Å². The van der Waals surface area contributed by atoms with Gasteiger partial charge in [-0.05, 0) is 12.1 Å². The molecular formula is C20H18N6O3S. The predicted octanol–water partition coefficient (Wildman–Crippen LogP) is 2.63. The van der Waals surface area contributed by atoms with Gasteiger partial charge in [-0.2, -0.15) is 0 Å². The van der Waals surface area contributed by atoms with Crippen LogP contribution >= 0.6 is 0 Å². The second-order valence-corrected chi connectivity index (χ2v) is 9.00. The summed E-state index contributed by atoms with van der Waals surface area (Å²) in [6, 6.07) is 7.34. The van der Waals surface area contributed by atoms with Crippen molar-refractivity contribution in [1.82, 2.24) is 28.9 Å². The Kier molecular flexibility index (Phi) is 4.00. The largest absolute Gasteiger partial charge is 0.494 e. The van der Waals surface area contributed by atoms with E-state index in [1.54, 1.807) is 38.7 Å². The smallest absolute Gasteiger partial charge is 0.235 e. The molecule has 4 aromatic heterocycles. The normalized spacial score (nSPS) is 12.2. The summed E-state index contributed by atoms with van der Waals surface area (Å²) >= 11 is 0. The van der Waals surface area contributed by atoms with Gasteiger partial charge in [0.15, 0.2) is 20.7 Å². The highest BCUT2D eigenvalue weighted by atomic mass is 32.2. The molecule has 5 aromatic rings. The van der Waals surface area contributed by atoms with Gasteiger partial charge in [-0.1, -0.05) is 19.1 Å². The molecule has 0 amide bonds. The van der Waals surface area contributed by atoms with E-state index in [4.69, 9.17) is 4.74 Å². The van der Waals surface area contributed by atoms with Crippen molar-refractivity contribution in [3.8, 4) is 17.3 Å². The first-order valence-corrected chi connectivity index (χ1v) is 11.0. The molecule has 1 aromatic carbocycles. The van der Waals surface area contributed by atoms with Crippen molar-refractivity contribution in [3.63, 3.8) is 0 Å². The van der Waals surface area contributed by atoms with Crippen LogP contribution in [0.2, 0.25) is 0 Å². The van der Waals surface area contributed by atoms with E-state index in [1.165, 1.54) is 4.40 Å². The number of benzene rings is 1. The number of aromatic nitrogens is 6. The van der Waals surface area contributed by atoms with Crippen LogP contribution in [-0.4, -0.2) is 50.2 Å². The number of fused-ring (bicyclic) bond motifs is 4. The van der Waals surface area contributed by atoms with Gasteiger partial charge < -0.3 is 9.30 Å². The van der Waals surface area contributed by atoms with Gasteiger partial charge >= 0.3 is 0 Å². The van der Waals surface area contributed by atoms with E-state index in [0.29, 0.717) is 28.4 Å². The molecule has 0 aliphatic heterocycles. The van der Waals surface area contributed by atoms with Crippen molar-refractivity contribution in [3.05, 3.63) is 42.9 Å². The van der Waals surface area contributed by atoms with Crippen LogP contribution < -0.4 is 4.74 Å². The van der Waals surface area contributed by atoms with Crippen LogP contribution in [-0.2, 0) is 16.9 Å². The molecule has 0 N–H and O–H groups in total. The third-order valence-corrected chi connectivity index (χ3v) is 6.90. The Morgan fingerprint density at radius 1 is 1.13 bits per heavy atom. The quantitative estimate of drug-likeness (QED) is 0.438. The lowest BCUT2D eigenvalue weighted by molar-refractivity contribution is 0.419. The number of hydrogen-bond donors (Lipinski definition) is 0. The zero-order valence-electron chi connectivity index (χ0n) is 16.6. The number of para-hydroxylation sites is 1. The highest BCUT2D eigenvalue weighted by Gasteiger charge is 2.28. The highest BCUT2D eigenvalue weighted by molar-refractivity contribution is 7.91. The topological polar surface area (TPSA) is 104 Å². The fourth-order valence-electron chi connectivity index (χ4n) is 3.72. The number of nitrogens with zero attached hydrogens (tertiary/aromatic N) is 6. The van der Waals surface area contributed by atoms with Crippen LogP contribution in [0.1, 0.15) is 6.92 Å². The van der Waals surface area contributed by atoms with E-state index < -0.39 is 9.84 Å². The number of methoxy groups -OCH3 is 1. The van der Waals surface area contributed by atoms with E-state index in [9.17, 15) is 8.42 Å². The van der Waals surface area contributed by atoms with Gasteiger partial charge in [-0.15, -0.1) is 0 Å². The summed E-state index contributed by atoms with van der Waals surface area (Å²) in [5.74, 6) is 1.33. The van der Waals surface area contributed by atoms with Crippen molar-refractivity contribution >= 4 is 37.6 Å². The molecule has 0 saturated carbocycles. The van der Waals surface area contributed by atoms with Crippen LogP contribution in [0, 0.1) is 0 Å². The Hall–Kier alpha value is -3.53. The van der Waals surface area contributed by atoms with E-state index in [-0.39, 0.29) is 16.5 Å². The number of pyridine rings is 1. The number of ether oxygens (including phenoxy) is 1. The van der Waals surface area contributed by atoms with Crippen molar-refractivity contribution in [2.75, 3.05) is 12.9 Å². The molecule has 0 aliphatic carbocycles. The van der Waals surface area contributed by atoms with E-state index in [2.05, 4.69) is 19.9 Å². The Labute approximate surface area is 171 Å². The maximum absolute atomic E-state index is 12.9. The van der Waals surface area contributed by atoms with Gasteiger partial charge in [-0.3, -0.25) is 4.40 Å². The average Bonchev–Trinajstić information content (AvgIpc) is 3.31. The fraction of sp³-hybridized carbons (Fsp3) is 0.200. The van der Waals surface area contributed by atoms with Gasteiger partial charge in [-0.25, -0.2) is 28.4 Å². The Morgan fingerprint density at radius 2 is 1.97 bits per heavy atom. The molecule has 0 bridgehead atoms. The molecule has 30 heavy (non-hydrogen) atoms. The molecule has 0 atom stereocenters. The lowest BCUT2D eigenvalue weighted by Gasteiger charge is -2.07. The van der Waals surface area contributed by atoms with Crippen LogP contribution in [0.3, 0.4) is 0 Å². The first-order chi connectivity index (χ1) is 14.5. The molecule has 0 saturated heterocycles. The van der Waals surface area contributed by atoms with E-state index >= 15 is 0 Å². The fourth-order valence-corrected chi connectivity index (χ4v) is 4.87. The maximum Gasteiger partial charge on any atom is 0.235 e. The molecule has 0 unspecified atom stereocenters. The van der Waals surface area contributed by atoms with Gasteiger partial charge in [0, 0.05) is 24.8 Å². The number of aryl methyl sites for hydroxylation is 1. The van der Waals surface area contributed by atoms with Crippen LogP contribution in [0.4, 0.5) is 0 Å². The van der Waals surface area contributed by atoms with Crippen molar-refractivity contribution in [1.29, 1.82) is 0 Å². The van der Waals surface area contributed by atoms with Crippen LogP contribution in [0.15, 0.2) is 47.9 Å². The summed E-state index contributed by atoms with van der Waals surface area (Å²) in [7, 11) is -0.161. The summed E-state index contributed by atoms with van der Waals surface area (Å²) < 4.78 is 34.6. The summed E-state index contributed by atoms with van der Waals surface area (Å²) in [5, 5.41) is 0.941. The average molecular weight is 422 g/mol. The highest BCUT2D eigenvalue weighted by Crippen LogP contribution is 2.34. The molecule has 0 radical (unpaired) electrons. The number of imidazole rings is 2. The van der Waals surface area contributed by atoms with E-state index in [1.807, 2.05) is 29.8 Å². The zero-order valence-corrected chi connectivity index (χ0v) is 17.4. The van der Waals surface area contributed by atoms with Gasteiger partial charge in [0.25, 0.3) is 0 Å². The van der Waals surface area contributed by atoms with Crippen molar-refractivity contribution in [2.24, 2.45) is 7.05 Å². The summed E-state index contributed by atoms with van der Waals surface area (Å²) in [5.41, 5.74) is 2.43. The SMILES string of the molecule is CCS(=O)(=O)c1c(-c2nc3cnc4c(OC)cccc4c3n2C)nc2ncccn12. The minimum Gasteiger partial charge on any atom is -0.494 e. The molecule has 9 nitrogen and oxygen atoms in total.